The van der Waals surface area contributed by atoms with Crippen LogP contribution in [0.1, 0.15) is 5.69 Å². The van der Waals surface area contributed by atoms with Crippen LogP contribution in [0.25, 0.3) is 0 Å². The zero-order chi connectivity index (χ0) is 7.61. The minimum absolute atomic E-state index is 0.235. The molecule has 0 aromatic carbocycles. The number of pyridine rings is 1. The Balaban J connectivity index is 2.97. The highest BCUT2D eigenvalue weighted by Gasteiger charge is 2.22. The molecule has 2 nitrogen and oxygen atoms in total. The highest BCUT2D eigenvalue weighted by molar-refractivity contribution is 6.46. The third-order valence-corrected chi connectivity index (χ3v) is 1.36. The topological polar surface area (TPSA) is 33.1 Å². The second-order valence-electron chi connectivity index (χ2n) is 1.76. The van der Waals surface area contributed by atoms with Gasteiger partial charge in [0.25, 0.3) is 4.52 Å². The molecule has 0 aliphatic rings. The van der Waals surface area contributed by atoms with Crippen molar-refractivity contribution in [2.75, 3.05) is 0 Å². The minimum atomic E-state index is -1.87. The first-order valence-corrected chi connectivity index (χ1v) is 3.38. The first-order valence-electron chi connectivity index (χ1n) is 2.62. The number of halogens is 2. The van der Waals surface area contributed by atoms with E-state index in [0.717, 1.165) is 0 Å². The Morgan fingerprint density at radius 2 is 2.10 bits per heavy atom. The summed E-state index contributed by atoms with van der Waals surface area (Å²) in [7, 11) is 0. The Hall–Kier alpha value is -0.310. The second-order valence-corrected chi connectivity index (χ2v) is 3.04. The van der Waals surface area contributed by atoms with Crippen molar-refractivity contribution in [3.05, 3.63) is 30.1 Å². The number of hydrogen-bond donors (Lipinski definition) is 1. The van der Waals surface area contributed by atoms with Gasteiger partial charge in [-0.1, -0.05) is 29.3 Å². The van der Waals surface area contributed by atoms with Crippen LogP contribution in [-0.2, 0) is 4.52 Å². The predicted molar refractivity (Wildman–Crippen MR) is 39.8 cm³/mol. The molecule has 0 unspecified atom stereocenters. The van der Waals surface area contributed by atoms with Crippen LogP contribution in [0, 0.1) is 0 Å². The Kier molecular flexibility index (Phi) is 2.14. The standard InChI is InChI=1S/C6H5Cl2NO/c7-6(8,10)5-3-1-2-4-9-5/h1-4,10H. The number of aliphatic hydroxyl groups is 1. The highest BCUT2D eigenvalue weighted by Crippen LogP contribution is 2.27. The van der Waals surface area contributed by atoms with Gasteiger partial charge < -0.3 is 5.11 Å². The van der Waals surface area contributed by atoms with E-state index < -0.39 is 4.52 Å². The largest absolute Gasteiger partial charge is 0.358 e. The first-order chi connectivity index (χ1) is 4.61. The van der Waals surface area contributed by atoms with Gasteiger partial charge in [0.05, 0.1) is 0 Å². The Labute approximate surface area is 68.4 Å². The molecule has 0 bridgehead atoms. The van der Waals surface area contributed by atoms with Gasteiger partial charge in [0.1, 0.15) is 5.69 Å². The fraction of sp³-hybridized carbons (Fsp3) is 0.167. The molecule has 1 aromatic heterocycles. The van der Waals surface area contributed by atoms with E-state index in [0.29, 0.717) is 0 Å². The van der Waals surface area contributed by atoms with Gasteiger partial charge in [0.2, 0.25) is 0 Å². The fourth-order valence-electron chi connectivity index (χ4n) is 0.541. The molecule has 0 aliphatic carbocycles. The maximum Gasteiger partial charge on any atom is 0.259 e. The van der Waals surface area contributed by atoms with Gasteiger partial charge in [-0.2, -0.15) is 0 Å². The summed E-state index contributed by atoms with van der Waals surface area (Å²) in [5.74, 6) is 0. The molecule has 1 rings (SSSR count). The van der Waals surface area contributed by atoms with Crippen molar-refractivity contribution in [1.82, 2.24) is 4.98 Å². The molecule has 0 aliphatic heterocycles. The summed E-state index contributed by atoms with van der Waals surface area (Å²) < 4.78 is -1.87. The molecule has 4 heteroatoms. The van der Waals surface area contributed by atoms with Crippen molar-refractivity contribution in [2.45, 2.75) is 4.52 Å². The van der Waals surface area contributed by atoms with E-state index in [4.69, 9.17) is 28.3 Å². The molecule has 0 atom stereocenters. The van der Waals surface area contributed by atoms with Crippen molar-refractivity contribution in [3.8, 4) is 0 Å². The van der Waals surface area contributed by atoms with Gasteiger partial charge >= 0.3 is 0 Å². The van der Waals surface area contributed by atoms with Gasteiger partial charge in [-0.15, -0.1) is 0 Å². The van der Waals surface area contributed by atoms with Gasteiger partial charge in [0, 0.05) is 6.20 Å². The number of nitrogens with zero attached hydrogens (tertiary/aromatic N) is 1. The van der Waals surface area contributed by atoms with Crippen molar-refractivity contribution in [3.63, 3.8) is 0 Å². The van der Waals surface area contributed by atoms with E-state index in [9.17, 15) is 0 Å². The van der Waals surface area contributed by atoms with Crippen LogP contribution in [0.5, 0.6) is 0 Å². The van der Waals surface area contributed by atoms with E-state index in [1.165, 1.54) is 6.20 Å². The molecule has 0 fully saturated rings. The molecule has 0 saturated heterocycles. The summed E-state index contributed by atoms with van der Waals surface area (Å²) in [4.78, 5) is 3.74. The number of hydrogen-bond acceptors (Lipinski definition) is 2. The summed E-state index contributed by atoms with van der Waals surface area (Å²) in [5.41, 5.74) is 0.235. The van der Waals surface area contributed by atoms with Gasteiger partial charge in [-0.25, -0.2) is 0 Å². The van der Waals surface area contributed by atoms with Crippen molar-refractivity contribution in [1.29, 1.82) is 0 Å². The van der Waals surface area contributed by atoms with Crippen LogP contribution < -0.4 is 0 Å². The lowest BCUT2D eigenvalue weighted by atomic mass is 10.4. The number of rotatable bonds is 1. The number of aromatic nitrogens is 1. The summed E-state index contributed by atoms with van der Waals surface area (Å²) in [5, 5.41) is 8.96. The van der Waals surface area contributed by atoms with Gasteiger partial charge in [0.15, 0.2) is 0 Å². The average Bonchev–Trinajstić information content (AvgIpc) is 1.88. The predicted octanol–water partition coefficient (Wildman–Crippen LogP) is 1.66. The SMILES string of the molecule is OC(Cl)(Cl)c1ccccn1. The monoisotopic (exact) mass is 177 g/mol. The lowest BCUT2D eigenvalue weighted by molar-refractivity contribution is 0.213. The summed E-state index contributed by atoms with van der Waals surface area (Å²) in [6.45, 7) is 0. The Morgan fingerprint density at radius 1 is 1.40 bits per heavy atom. The summed E-state index contributed by atoms with van der Waals surface area (Å²) >= 11 is 10.6. The van der Waals surface area contributed by atoms with Crippen LogP contribution >= 0.6 is 23.2 Å². The van der Waals surface area contributed by atoms with Crippen LogP contribution in [-0.4, -0.2) is 10.1 Å². The molecular formula is C6H5Cl2NO. The lowest BCUT2D eigenvalue weighted by Gasteiger charge is -2.09. The third-order valence-electron chi connectivity index (χ3n) is 0.973. The van der Waals surface area contributed by atoms with Crippen molar-refractivity contribution >= 4 is 23.2 Å². The van der Waals surface area contributed by atoms with E-state index >= 15 is 0 Å². The lowest BCUT2D eigenvalue weighted by Crippen LogP contribution is -2.09. The molecule has 54 valence electrons. The van der Waals surface area contributed by atoms with Crippen LogP contribution in [0.2, 0.25) is 0 Å². The molecule has 0 radical (unpaired) electrons. The maximum absolute atomic E-state index is 8.96. The van der Waals surface area contributed by atoms with Crippen LogP contribution in [0.4, 0.5) is 0 Å². The molecule has 1 heterocycles. The van der Waals surface area contributed by atoms with Crippen LogP contribution in [0.3, 0.4) is 0 Å². The fourth-order valence-corrected chi connectivity index (χ4v) is 0.764. The minimum Gasteiger partial charge on any atom is -0.358 e. The zero-order valence-corrected chi connectivity index (χ0v) is 6.47. The first kappa shape index (κ1) is 7.79. The molecule has 1 aromatic rings. The van der Waals surface area contributed by atoms with Gasteiger partial charge in [-0.05, 0) is 12.1 Å². The molecule has 0 amide bonds. The smallest absolute Gasteiger partial charge is 0.259 e. The van der Waals surface area contributed by atoms with E-state index in [1.54, 1.807) is 18.2 Å². The average molecular weight is 178 g/mol. The van der Waals surface area contributed by atoms with Gasteiger partial charge in [-0.3, -0.25) is 4.98 Å². The quantitative estimate of drug-likeness (QED) is 0.663. The molecule has 0 spiro atoms. The molecule has 1 N–H and O–H groups in total. The maximum atomic E-state index is 8.96. The highest BCUT2D eigenvalue weighted by atomic mass is 35.5. The third kappa shape index (κ3) is 1.84. The summed E-state index contributed by atoms with van der Waals surface area (Å²) in [6.07, 6.45) is 1.51. The molecular weight excluding hydrogens is 173 g/mol. The Bertz CT molecular complexity index is 207. The Morgan fingerprint density at radius 3 is 2.40 bits per heavy atom. The normalized spacial score (nSPS) is 11.5. The van der Waals surface area contributed by atoms with Crippen molar-refractivity contribution in [2.24, 2.45) is 0 Å². The van der Waals surface area contributed by atoms with Crippen LogP contribution in [0.15, 0.2) is 24.4 Å². The van der Waals surface area contributed by atoms with E-state index in [1.807, 2.05) is 0 Å². The molecule has 10 heavy (non-hydrogen) atoms. The number of alkyl halides is 2. The van der Waals surface area contributed by atoms with Crippen molar-refractivity contribution < 1.29 is 5.11 Å². The second kappa shape index (κ2) is 2.74. The van der Waals surface area contributed by atoms with E-state index in [2.05, 4.69) is 4.98 Å². The molecule has 0 saturated carbocycles. The summed E-state index contributed by atoms with van der Waals surface area (Å²) in [6, 6.07) is 4.95. The van der Waals surface area contributed by atoms with E-state index in [-0.39, 0.29) is 5.69 Å². The zero-order valence-electron chi connectivity index (χ0n) is 4.96.